The first-order chi connectivity index (χ1) is 11.4. The quantitative estimate of drug-likeness (QED) is 0.774. The second-order valence-corrected chi connectivity index (χ2v) is 7.45. The molecule has 1 aliphatic heterocycles. The number of nitrogens with one attached hydrogen (secondary N) is 1. The monoisotopic (exact) mass is 376 g/mol. The molecule has 1 heterocycles. The maximum Gasteiger partial charge on any atom is 0.260 e. The van der Waals surface area contributed by atoms with E-state index in [1.165, 1.54) is 18.2 Å². The molecule has 9 heteroatoms. The first-order valence-corrected chi connectivity index (χ1v) is 9.57. The van der Waals surface area contributed by atoms with E-state index in [4.69, 9.17) is 21.1 Å². The number of halogens is 1. The summed E-state index contributed by atoms with van der Waals surface area (Å²) in [5, 5.41) is 0.143. The van der Waals surface area contributed by atoms with Crippen LogP contribution in [0.4, 0.5) is 0 Å². The summed E-state index contributed by atoms with van der Waals surface area (Å²) in [6, 6.07) is 4.17. The van der Waals surface area contributed by atoms with Crippen LogP contribution >= 0.6 is 11.6 Å². The summed E-state index contributed by atoms with van der Waals surface area (Å²) in [6.07, 6.45) is 0.692. The summed E-state index contributed by atoms with van der Waals surface area (Å²) >= 11 is 6.08. The Bertz CT molecular complexity index is 674. The largest absolute Gasteiger partial charge is 0.482 e. The van der Waals surface area contributed by atoms with Crippen molar-refractivity contribution in [2.75, 3.05) is 39.5 Å². The maximum absolute atomic E-state index is 12.0. The number of amides is 1. The molecule has 1 fully saturated rings. The molecule has 1 aliphatic rings. The summed E-state index contributed by atoms with van der Waals surface area (Å²) in [5.41, 5.74) is 0. The standard InChI is InChI=1S/C15H21ClN2O5S/c1-2-5-17-24(20,21)12-3-4-14(13(16)10-12)23-11-15(19)18-6-8-22-9-7-18/h3-4,10,17H,2,5-9,11H2,1H3. The molecule has 1 N–H and O–H groups in total. The van der Waals surface area contributed by atoms with Gasteiger partial charge in [-0.15, -0.1) is 0 Å². The summed E-state index contributed by atoms with van der Waals surface area (Å²) in [4.78, 5) is 13.7. The van der Waals surface area contributed by atoms with Crippen LogP contribution in [0.5, 0.6) is 5.75 Å². The molecular weight excluding hydrogens is 356 g/mol. The van der Waals surface area contributed by atoms with E-state index in [-0.39, 0.29) is 28.2 Å². The van der Waals surface area contributed by atoms with Crippen molar-refractivity contribution in [3.8, 4) is 5.75 Å². The zero-order valence-electron chi connectivity index (χ0n) is 13.5. The average molecular weight is 377 g/mol. The first-order valence-electron chi connectivity index (χ1n) is 7.71. The zero-order valence-corrected chi connectivity index (χ0v) is 15.0. The van der Waals surface area contributed by atoms with Crippen LogP contribution in [0, 0.1) is 0 Å². The van der Waals surface area contributed by atoms with Gasteiger partial charge in [-0.05, 0) is 24.6 Å². The Balaban J connectivity index is 1.98. The normalized spacial score (nSPS) is 15.3. The highest BCUT2D eigenvalue weighted by Gasteiger charge is 2.19. The Hall–Kier alpha value is -1.35. The lowest BCUT2D eigenvalue weighted by Gasteiger charge is -2.26. The van der Waals surface area contributed by atoms with Crippen molar-refractivity contribution in [3.63, 3.8) is 0 Å². The number of rotatable bonds is 7. The van der Waals surface area contributed by atoms with Crippen LogP contribution in [0.1, 0.15) is 13.3 Å². The molecule has 0 aliphatic carbocycles. The van der Waals surface area contributed by atoms with E-state index >= 15 is 0 Å². The maximum atomic E-state index is 12.0. The van der Waals surface area contributed by atoms with Crippen LogP contribution in [0.15, 0.2) is 23.1 Å². The molecule has 134 valence electrons. The Morgan fingerprint density at radius 2 is 2.08 bits per heavy atom. The predicted octanol–water partition coefficient (Wildman–Crippen LogP) is 1.27. The third kappa shape index (κ3) is 5.07. The van der Waals surface area contributed by atoms with Crippen molar-refractivity contribution >= 4 is 27.5 Å². The van der Waals surface area contributed by atoms with Crippen LogP contribution in [0.2, 0.25) is 5.02 Å². The van der Waals surface area contributed by atoms with Crippen molar-refractivity contribution in [1.82, 2.24) is 9.62 Å². The fourth-order valence-electron chi connectivity index (χ4n) is 2.13. The minimum absolute atomic E-state index is 0.0628. The van der Waals surface area contributed by atoms with E-state index in [0.29, 0.717) is 39.3 Å². The molecule has 1 amide bonds. The van der Waals surface area contributed by atoms with Crippen LogP contribution in [-0.4, -0.2) is 58.7 Å². The van der Waals surface area contributed by atoms with Gasteiger partial charge in [0.05, 0.1) is 23.1 Å². The molecule has 7 nitrogen and oxygen atoms in total. The van der Waals surface area contributed by atoms with Gasteiger partial charge in [0.25, 0.3) is 5.91 Å². The molecule has 0 bridgehead atoms. The van der Waals surface area contributed by atoms with E-state index in [1.807, 2.05) is 6.92 Å². The van der Waals surface area contributed by atoms with E-state index < -0.39 is 10.0 Å². The topological polar surface area (TPSA) is 84.9 Å². The van der Waals surface area contributed by atoms with Crippen molar-refractivity contribution in [2.45, 2.75) is 18.2 Å². The second-order valence-electron chi connectivity index (χ2n) is 5.27. The van der Waals surface area contributed by atoms with Crippen LogP contribution in [0.25, 0.3) is 0 Å². The number of nitrogens with zero attached hydrogens (tertiary/aromatic N) is 1. The van der Waals surface area contributed by atoms with Gasteiger partial charge in [0, 0.05) is 19.6 Å². The van der Waals surface area contributed by atoms with Crippen molar-refractivity contribution < 1.29 is 22.7 Å². The average Bonchev–Trinajstić information content (AvgIpc) is 2.59. The van der Waals surface area contributed by atoms with Gasteiger partial charge in [-0.3, -0.25) is 4.79 Å². The van der Waals surface area contributed by atoms with Crippen molar-refractivity contribution in [2.24, 2.45) is 0 Å². The summed E-state index contributed by atoms with van der Waals surface area (Å²) in [6.45, 7) is 4.18. The second kappa shape index (κ2) is 8.66. The SMILES string of the molecule is CCCNS(=O)(=O)c1ccc(OCC(=O)N2CCOCC2)c(Cl)c1. The number of carbonyl (C=O) groups is 1. The van der Waals surface area contributed by atoms with Gasteiger partial charge in [-0.2, -0.15) is 0 Å². The van der Waals surface area contributed by atoms with Crippen LogP contribution in [-0.2, 0) is 19.6 Å². The van der Waals surface area contributed by atoms with E-state index in [9.17, 15) is 13.2 Å². The Labute approximate surface area is 146 Å². The highest BCUT2D eigenvalue weighted by molar-refractivity contribution is 7.89. The zero-order chi connectivity index (χ0) is 17.6. The lowest BCUT2D eigenvalue weighted by atomic mass is 10.3. The molecule has 1 aromatic rings. The van der Waals surface area contributed by atoms with Crippen molar-refractivity contribution in [1.29, 1.82) is 0 Å². The van der Waals surface area contributed by atoms with E-state index in [0.717, 1.165) is 0 Å². The highest BCUT2D eigenvalue weighted by atomic mass is 35.5. The fourth-order valence-corrected chi connectivity index (χ4v) is 3.59. The summed E-state index contributed by atoms with van der Waals surface area (Å²) in [7, 11) is -3.59. The molecule has 0 atom stereocenters. The first kappa shape index (κ1) is 19.0. The molecule has 0 aromatic heterocycles. The molecule has 0 saturated carbocycles. The Kier molecular flexibility index (Phi) is 6.85. The molecule has 1 saturated heterocycles. The smallest absolute Gasteiger partial charge is 0.260 e. The van der Waals surface area contributed by atoms with Crippen molar-refractivity contribution in [3.05, 3.63) is 23.2 Å². The number of sulfonamides is 1. The molecular formula is C15H21ClN2O5S. The van der Waals surface area contributed by atoms with Gasteiger partial charge in [0.2, 0.25) is 10.0 Å². The molecule has 0 spiro atoms. The predicted molar refractivity (Wildman–Crippen MR) is 89.8 cm³/mol. The summed E-state index contributed by atoms with van der Waals surface area (Å²) < 4.78 is 37.2. The summed E-state index contributed by atoms with van der Waals surface area (Å²) in [5.74, 6) is 0.114. The van der Waals surface area contributed by atoms with Crippen LogP contribution in [0.3, 0.4) is 0 Å². The number of hydrogen-bond donors (Lipinski definition) is 1. The number of carbonyl (C=O) groups excluding carboxylic acids is 1. The lowest BCUT2D eigenvalue weighted by Crippen LogP contribution is -2.43. The van der Waals surface area contributed by atoms with Gasteiger partial charge < -0.3 is 14.4 Å². The molecule has 0 unspecified atom stereocenters. The van der Waals surface area contributed by atoms with E-state index in [2.05, 4.69) is 4.72 Å². The minimum Gasteiger partial charge on any atom is -0.482 e. The Morgan fingerprint density at radius 3 is 2.71 bits per heavy atom. The number of morpholine rings is 1. The highest BCUT2D eigenvalue weighted by Crippen LogP contribution is 2.27. The van der Waals surface area contributed by atoms with Gasteiger partial charge in [0.15, 0.2) is 6.61 Å². The van der Waals surface area contributed by atoms with Crippen LogP contribution < -0.4 is 9.46 Å². The molecule has 1 aromatic carbocycles. The molecule has 2 rings (SSSR count). The molecule has 24 heavy (non-hydrogen) atoms. The fraction of sp³-hybridized carbons (Fsp3) is 0.533. The van der Waals surface area contributed by atoms with Gasteiger partial charge in [0.1, 0.15) is 5.75 Å². The number of hydrogen-bond acceptors (Lipinski definition) is 5. The van der Waals surface area contributed by atoms with Gasteiger partial charge in [-0.1, -0.05) is 18.5 Å². The Morgan fingerprint density at radius 1 is 1.38 bits per heavy atom. The van der Waals surface area contributed by atoms with Gasteiger partial charge >= 0.3 is 0 Å². The lowest BCUT2D eigenvalue weighted by molar-refractivity contribution is -0.137. The number of ether oxygens (including phenoxy) is 2. The van der Waals surface area contributed by atoms with E-state index in [1.54, 1.807) is 4.90 Å². The van der Waals surface area contributed by atoms with Gasteiger partial charge in [-0.25, -0.2) is 13.1 Å². The molecule has 0 radical (unpaired) electrons. The third-order valence-corrected chi connectivity index (χ3v) is 5.22. The minimum atomic E-state index is -3.59. The number of benzene rings is 1. The third-order valence-electron chi connectivity index (χ3n) is 3.47.